The molecule has 0 unspecified atom stereocenters. The SMILES string of the molecule is C[C@H](NC(=O)c1ccc2[nH]c(=O)n(C)c2c1)C(=O)O. The second-order valence-electron chi connectivity index (χ2n) is 4.25. The van der Waals surface area contributed by atoms with Crippen LogP contribution in [0.4, 0.5) is 0 Å². The fourth-order valence-corrected chi connectivity index (χ4v) is 1.71. The van der Waals surface area contributed by atoms with E-state index < -0.39 is 17.9 Å². The Morgan fingerprint density at radius 3 is 2.74 bits per heavy atom. The molecule has 7 heteroatoms. The quantitative estimate of drug-likeness (QED) is 0.728. The van der Waals surface area contributed by atoms with Crippen molar-refractivity contribution in [2.75, 3.05) is 0 Å². The number of aryl methyl sites for hydroxylation is 1. The number of carbonyl (C=O) groups excluding carboxylic acids is 1. The van der Waals surface area contributed by atoms with E-state index in [2.05, 4.69) is 10.3 Å². The van der Waals surface area contributed by atoms with Crippen LogP contribution in [-0.4, -0.2) is 32.6 Å². The number of carboxylic acid groups (broad SMARTS) is 1. The normalized spacial score (nSPS) is 12.3. The zero-order valence-corrected chi connectivity index (χ0v) is 10.4. The smallest absolute Gasteiger partial charge is 0.326 e. The molecule has 1 aromatic carbocycles. The van der Waals surface area contributed by atoms with Crippen molar-refractivity contribution >= 4 is 22.9 Å². The molecule has 7 nitrogen and oxygen atoms in total. The zero-order chi connectivity index (χ0) is 14.2. The number of carboxylic acids is 1. The molecule has 0 aliphatic rings. The first kappa shape index (κ1) is 12.9. The number of fused-ring (bicyclic) bond motifs is 1. The minimum atomic E-state index is -1.11. The Kier molecular flexibility index (Phi) is 3.12. The molecule has 0 saturated heterocycles. The Labute approximate surface area is 107 Å². The molecule has 0 bridgehead atoms. The Balaban J connectivity index is 2.35. The number of imidazole rings is 1. The fourth-order valence-electron chi connectivity index (χ4n) is 1.71. The lowest BCUT2D eigenvalue weighted by Crippen LogP contribution is -2.38. The summed E-state index contributed by atoms with van der Waals surface area (Å²) in [6, 6.07) is 3.70. The molecule has 19 heavy (non-hydrogen) atoms. The molecule has 1 atom stereocenters. The summed E-state index contributed by atoms with van der Waals surface area (Å²) in [7, 11) is 1.59. The average molecular weight is 263 g/mol. The zero-order valence-electron chi connectivity index (χ0n) is 10.4. The first-order valence-electron chi connectivity index (χ1n) is 5.62. The molecule has 0 aliphatic heterocycles. The molecule has 2 rings (SSSR count). The number of aromatic nitrogens is 2. The van der Waals surface area contributed by atoms with Gasteiger partial charge in [0.05, 0.1) is 11.0 Å². The molecule has 0 aliphatic carbocycles. The fraction of sp³-hybridized carbons (Fsp3) is 0.250. The predicted octanol–water partition coefficient (Wildman–Crippen LogP) is 0.0695. The maximum absolute atomic E-state index is 11.8. The van der Waals surface area contributed by atoms with Crippen LogP contribution in [0.25, 0.3) is 11.0 Å². The highest BCUT2D eigenvalue weighted by atomic mass is 16.4. The third-order valence-corrected chi connectivity index (χ3v) is 2.89. The maximum atomic E-state index is 11.8. The number of amides is 1. The Morgan fingerprint density at radius 1 is 1.42 bits per heavy atom. The van der Waals surface area contributed by atoms with Crippen LogP contribution in [0.15, 0.2) is 23.0 Å². The number of carbonyl (C=O) groups is 2. The van der Waals surface area contributed by atoms with Crippen LogP contribution in [0.3, 0.4) is 0 Å². The Hall–Kier alpha value is -2.57. The van der Waals surface area contributed by atoms with E-state index in [1.54, 1.807) is 13.1 Å². The maximum Gasteiger partial charge on any atom is 0.326 e. The second-order valence-corrected chi connectivity index (χ2v) is 4.25. The number of rotatable bonds is 3. The van der Waals surface area contributed by atoms with Crippen molar-refractivity contribution in [3.63, 3.8) is 0 Å². The summed E-state index contributed by atoms with van der Waals surface area (Å²) in [5, 5.41) is 11.1. The van der Waals surface area contributed by atoms with Gasteiger partial charge in [0.2, 0.25) is 0 Å². The van der Waals surface area contributed by atoms with E-state index in [0.717, 1.165) is 0 Å². The van der Waals surface area contributed by atoms with Crippen LogP contribution >= 0.6 is 0 Å². The van der Waals surface area contributed by atoms with Crippen LogP contribution in [-0.2, 0) is 11.8 Å². The lowest BCUT2D eigenvalue weighted by atomic mass is 10.1. The number of hydrogen-bond acceptors (Lipinski definition) is 3. The van der Waals surface area contributed by atoms with Gasteiger partial charge >= 0.3 is 11.7 Å². The number of aromatic amines is 1. The summed E-state index contributed by atoms with van der Waals surface area (Å²) in [5.74, 6) is -1.60. The number of nitrogens with zero attached hydrogens (tertiary/aromatic N) is 1. The molecule has 0 fully saturated rings. The second kappa shape index (κ2) is 4.60. The third kappa shape index (κ3) is 2.35. The molecule has 1 aromatic heterocycles. The molecule has 3 N–H and O–H groups in total. The van der Waals surface area contributed by atoms with Gasteiger partial charge in [-0.1, -0.05) is 0 Å². The van der Waals surface area contributed by atoms with Crippen molar-refractivity contribution < 1.29 is 14.7 Å². The summed E-state index contributed by atoms with van der Waals surface area (Å²) in [6.07, 6.45) is 0. The van der Waals surface area contributed by atoms with Crippen LogP contribution < -0.4 is 11.0 Å². The Morgan fingerprint density at radius 2 is 2.11 bits per heavy atom. The summed E-state index contributed by atoms with van der Waals surface area (Å²) < 4.78 is 1.38. The van der Waals surface area contributed by atoms with Crippen molar-refractivity contribution in [1.82, 2.24) is 14.9 Å². The number of benzene rings is 1. The minimum Gasteiger partial charge on any atom is -0.480 e. The predicted molar refractivity (Wildman–Crippen MR) is 68.1 cm³/mol. The molecule has 0 spiro atoms. The van der Waals surface area contributed by atoms with Gasteiger partial charge in [-0.3, -0.25) is 14.2 Å². The lowest BCUT2D eigenvalue weighted by Gasteiger charge is -2.09. The molecule has 1 amide bonds. The van der Waals surface area contributed by atoms with E-state index in [9.17, 15) is 14.4 Å². The van der Waals surface area contributed by atoms with Crippen molar-refractivity contribution in [3.8, 4) is 0 Å². The molecule has 1 heterocycles. The van der Waals surface area contributed by atoms with Crippen LogP contribution in [0.5, 0.6) is 0 Å². The third-order valence-electron chi connectivity index (χ3n) is 2.89. The van der Waals surface area contributed by atoms with Gasteiger partial charge in [0, 0.05) is 12.6 Å². The highest BCUT2D eigenvalue weighted by Crippen LogP contribution is 2.12. The molecule has 0 radical (unpaired) electrons. The largest absolute Gasteiger partial charge is 0.480 e. The van der Waals surface area contributed by atoms with Gasteiger partial charge in [0.15, 0.2) is 0 Å². The standard InChI is InChI=1S/C12H13N3O4/c1-6(11(17)18)13-10(16)7-3-4-8-9(5-7)15(2)12(19)14-8/h3-6H,1-2H3,(H,13,16)(H,14,19)(H,17,18)/t6-/m0/s1. The van der Waals surface area contributed by atoms with E-state index in [-0.39, 0.29) is 5.69 Å². The van der Waals surface area contributed by atoms with E-state index in [0.29, 0.717) is 16.6 Å². The van der Waals surface area contributed by atoms with Gasteiger partial charge in [-0.2, -0.15) is 0 Å². The number of H-pyrrole nitrogens is 1. The average Bonchev–Trinajstić information content (AvgIpc) is 2.64. The topological polar surface area (TPSA) is 104 Å². The summed E-state index contributed by atoms with van der Waals surface area (Å²) in [4.78, 5) is 36.6. The van der Waals surface area contributed by atoms with E-state index in [1.807, 2.05) is 0 Å². The van der Waals surface area contributed by atoms with E-state index in [4.69, 9.17) is 5.11 Å². The minimum absolute atomic E-state index is 0.272. The van der Waals surface area contributed by atoms with Crippen LogP contribution in [0.1, 0.15) is 17.3 Å². The highest BCUT2D eigenvalue weighted by Gasteiger charge is 2.16. The number of aliphatic carboxylic acids is 1. The molecule has 0 saturated carbocycles. The van der Waals surface area contributed by atoms with Gasteiger partial charge in [-0.05, 0) is 25.1 Å². The summed E-state index contributed by atoms with van der Waals surface area (Å²) >= 11 is 0. The molecular formula is C12H13N3O4. The first-order valence-corrected chi connectivity index (χ1v) is 5.62. The van der Waals surface area contributed by atoms with Crippen LogP contribution in [0.2, 0.25) is 0 Å². The van der Waals surface area contributed by atoms with Gasteiger partial charge in [-0.25, -0.2) is 4.79 Å². The molecular weight excluding hydrogens is 250 g/mol. The van der Waals surface area contributed by atoms with E-state index >= 15 is 0 Å². The molecule has 100 valence electrons. The van der Waals surface area contributed by atoms with Gasteiger partial charge in [-0.15, -0.1) is 0 Å². The summed E-state index contributed by atoms with van der Waals surface area (Å²) in [5.41, 5.74) is 1.23. The van der Waals surface area contributed by atoms with Gasteiger partial charge in [0.25, 0.3) is 5.91 Å². The highest BCUT2D eigenvalue weighted by molar-refractivity contribution is 5.99. The lowest BCUT2D eigenvalue weighted by molar-refractivity contribution is -0.138. The number of nitrogens with one attached hydrogen (secondary N) is 2. The van der Waals surface area contributed by atoms with Crippen molar-refractivity contribution in [1.29, 1.82) is 0 Å². The summed E-state index contributed by atoms with van der Waals surface area (Å²) in [6.45, 7) is 1.38. The monoisotopic (exact) mass is 263 g/mol. The molecule has 2 aromatic rings. The van der Waals surface area contributed by atoms with E-state index in [1.165, 1.54) is 23.6 Å². The van der Waals surface area contributed by atoms with Gasteiger partial charge in [0.1, 0.15) is 6.04 Å². The Bertz CT molecular complexity index is 713. The van der Waals surface area contributed by atoms with Gasteiger partial charge < -0.3 is 15.4 Å². The van der Waals surface area contributed by atoms with Crippen molar-refractivity contribution in [3.05, 3.63) is 34.2 Å². The van der Waals surface area contributed by atoms with Crippen molar-refractivity contribution in [2.24, 2.45) is 7.05 Å². The van der Waals surface area contributed by atoms with Crippen molar-refractivity contribution in [2.45, 2.75) is 13.0 Å². The first-order chi connectivity index (χ1) is 8.90. The van der Waals surface area contributed by atoms with Crippen LogP contribution in [0, 0.1) is 0 Å². The number of hydrogen-bond donors (Lipinski definition) is 3.